The van der Waals surface area contributed by atoms with Crippen molar-refractivity contribution in [2.75, 3.05) is 18.6 Å². The maximum Gasteiger partial charge on any atom is 0.335 e. The molecule has 7 nitrogen and oxygen atoms in total. The highest BCUT2D eigenvalue weighted by Crippen LogP contribution is 2.35. The molecule has 0 unspecified atom stereocenters. The molecule has 1 saturated heterocycles. The van der Waals surface area contributed by atoms with Crippen LogP contribution in [0.3, 0.4) is 0 Å². The average molecular weight is 541 g/mol. The summed E-state index contributed by atoms with van der Waals surface area (Å²) in [5, 5.41) is 2.57. The number of hydrogen-bond donors (Lipinski definition) is 1. The average Bonchev–Trinajstić information content (AvgIpc) is 2.69. The van der Waals surface area contributed by atoms with Gasteiger partial charge in [0.15, 0.2) is 11.5 Å². The fourth-order valence-electron chi connectivity index (χ4n) is 2.97. The number of carbonyl (C=O) groups excluding carboxylic acids is 3. The maximum atomic E-state index is 13.1. The third-order valence-corrected chi connectivity index (χ3v) is 5.40. The number of nitrogens with one attached hydrogen (secondary N) is 1. The molecule has 0 spiro atoms. The second kappa shape index (κ2) is 9.05. The Hall–Kier alpha value is -2.59. The van der Waals surface area contributed by atoms with E-state index in [1.54, 1.807) is 31.2 Å². The highest BCUT2D eigenvalue weighted by molar-refractivity contribution is 14.1. The molecule has 1 fully saturated rings. The van der Waals surface area contributed by atoms with Crippen LogP contribution in [0.1, 0.15) is 18.1 Å². The van der Waals surface area contributed by atoms with Crippen molar-refractivity contribution in [2.45, 2.75) is 13.8 Å². The first kappa shape index (κ1) is 22.1. The van der Waals surface area contributed by atoms with Crippen molar-refractivity contribution in [1.82, 2.24) is 5.32 Å². The molecule has 0 bridgehead atoms. The number of hydrogen-bond acceptors (Lipinski definition) is 5. The summed E-state index contributed by atoms with van der Waals surface area (Å²) in [5.41, 5.74) is 1.34. The normalized spacial score (nSPS) is 15.4. The topological polar surface area (TPSA) is 84.9 Å². The smallest absolute Gasteiger partial charge is 0.335 e. The molecule has 1 aliphatic rings. The van der Waals surface area contributed by atoms with Crippen molar-refractivity contribution < 1.29 is 23.9 Å². The summed E-state index contributed by atoms with van der Waals surface area (Å²) >= 11 is 8.13. The molecule has 0 aliphatic carbocycles. The Labute approximate surface area is 192 Å². The van der Waals surface area contributed by atoms with Crippen LogP contribution in [-0.4, -0.2) is 31.6 Å². The number of methoxy groups -OCH3 is 1. The number of aryl methyl sites for hydroxylation is 1. The third kappa shape index (κ3) is 4.29. The zero-order chi connectivity index (χ0) is 22.0. The van der Waals surface area contributed by atoms with Crippen LogP contribution < -0.4 is 19.7 Å². The molecular formula is C21H18ClIN2O5. The summed E-state index contributed by atoms with van der Waals surface area (Å²) in [4.78, 5) is 38.8. The largest absolute Gasteiger partial charge is 0.493 e. The van der Waals surface area contributed by atoms with Gasteiger partial charge in [-0.05, 0) is 77.9 Å². The van der Waals surface area contributed by atoms with Crippen LogP contribution in [0.5, 0.6) is 11.5 Å². The predicted molar refractivity (Wildman–Crippen MR) is 122 cm³/mol. The zero-order valence-corrected chi connectivity index (χ0v) is 19.3. The number of rotatable bonds is 5. The van der Waals surface area contributed by atoms with Crippen molar-refractivity contribution in [3.05, 3.63) is 55.6 Å². The number of ether oxygens (including phenoxy) is 2. The van der Waals surface area contributed by atoms with E-state index in [0.717, 1.165) is 8.47 Å². The van der Waals surface area contributed by atoms with Crippen LogP contribution in [0.4, 0.5) is 10.5 Å². The van der Waals surface area contributed by atoms with E-state index in [4.69, 9.17) is 21.1 Å². The minimum atomic E-state index is -0.827. The summed E-state index contributed by atoms with van der Waals surface area (Å²) in [5.74, 6) is -0.466. The van der Waals surface area contributed by atoms with E-state index >= 15 is 0 Å². The van der Waals surface area contributed by atoms with Gasteiger partial charge < -0.3 is 9.47 Å². The minimum absolute atomic E-state index is 0.184. The highest BCUT2D eigenvalue weighted by Gasteiger charge is 2.37. The number of urea groups is 1. The number of benzene rings is 2. The number of carbonyl (C=O) groups is 3. The van der Waals surface area contributed by atoms with E-state index in [9.17, 15) is 14.4 Å². The second-order valence-corrected chi connectivity index (χ2v) is 7.95. The van der Waals surface area contributed by atoms with E-state index in [0.29, 0.717) is 39.9 Å². The lowest BCUT2D eigenvalue weighted by Crippen LogP contribution is -2.54. The van der Waals surface area contributed by atoms with E-state index in [-0.39, 0.29) is 5.57 Å². The minimum Gasteiger partial charge on any atom is -0.493 e. The van der Waals surface area contributed by atoms with Crippen molar-refractivity contribution in [3.8, 4) is 11.5 Å². The lowest BCUT2D eigenvalue weighted by atomic mass is 10.1. The Morgan fingerprint density at radius 3 is 2.60 bits per heavy atom. The van der Waals surface area contributed by atoms with E-state index in [1.807, 2.05) is 6.92 Å². The predicted octanol–water partition coefficient (Wildman–Crippen LogP) is 4.33. The molecule has 3 rings (SSSR count). The summed E-state index contributed by atoms with van der Waals surface area (Å²) < 4.78 is 11.7. The standard InChI is InChI=1S/C21H18ClIN2O5/c1-4-30-18-15(23)8-12(9-17(18)29-3)7-14-19(26)24-21(28)25(20(14)27)16-10-13(22)6-5-11(16)2/h5-10H,4H2,1-3H3,(H,24,26,28)/b14-7+. The van der Waals surface area contributed by atoms with Gasteiger partial charge >= 0.3 is 6.03 Å². The molecule has 1 heterocycles. The number of halogens is 2. The van der Waals surface area contributed by atoms with Gasteiger partial charge in [0.1, 0.15) is 5.57 Å². The van der Waals surface area contributed by atoms with Crippen LogP contribution in [0.2, 0.25) is 5.02 Å². The molecule has 4 amide bonds. The lowest BCUT2D eigenvalue weighted by Gasteiger charge is -2.27. The molecule has 0 saturated carbocycles. The summed E-state index contributed by atoms with van der Waals surface area (Å²) in [6, 6.07) is 7.44. The first-order valence-electron chi connectivity index (χ1n) is 8.94. The number of nitrogens with zero attached hydrogens (tertiary/aromatic N) is 1. The number of amides is 4. The Morgan fingerprint density at radius 1 is 1.20 bits per heavy atom. The van der Waals surface area contributed by atoms with Gasteiger partial charge in [-0.2, -0.15) is 0 Å². The van der Waals surface area contributed by atoms with Crippen molar-refractivity contribution in [2.24, 2.45) is 0 Å². The molecule has 0 radical (unpaired) electrons. The number of imide groups is 2. The Balaban J connectivity index is 2.07. The van der Waals surface area contributed by atoms with Crippen LogP contribution in [-0.2, 0) is 9.59 Å². The molecule has 156 valence electrons. The zero-order valence-electron chi connectivity index (χ0n) is 16.4. The Bertz CT molecular complexity index is 1080. The molecule has 30 heavy (non-hydrogen) atoms. The van der Waals surface area contributed by atoms with Gasteiger partial charge in [-0.25, -0.2) is 9.69 Å². The van der Waals surface area contributed by atoms with Crippen LogP contribution in [0.15, 0.2) is 35.9 Å². The van der Waals surface area contributed by atoms with Crippen LogP contribution in [0.25, 0.3) is 6.08 Å². The van der Waals surface area contributed by atoms with Crippen molar-refractivity contribution >= 4 is 63.8 Å². The second-order valence-electron chi connectivity index (χ2n) is 6.36. The summed E-state index contributed by atoms with van der Waals surface area (Å²) in [7, 11) is 1.51. The van der Waals surface area contributed by atoms with Gasteiger partial charge in [0.2, 0.25) is 0 Å². The number of barbiturate groups is 1. The Kier molecular flexibility index (Phi) is 6.67. The van der Waals surface area contributed by atoms with Gasteiger partial charge in [-0.15, -0.1) is 0 Å². The van der Waals surface area contributed by atoms with E-state index in [1.165, 1.54) is 19.3 Å². The van der Waals surface area contributed by atoms with Crippen molar-refractivity contribution in [1.29, 1.82) is 0 Å². The van der Waals surface area contributed by atoms with Crippen molar-refractivity contribution in [3.63, 3.8) is 0 Å². The Morgan fingerprint density at radius 2 is 1.93 bits per heavy atom. The lowest BCUT2D eigenvalue weighted by molar-refractivity contribution is -0.122. The maximum absolute atomic E-state index is 13.1. The third-order valence-electron chi connectivity index (χ3n) is 4.37. The van der Waals surface area contributed by atoms with Gasteiger partial charge in [0.05, 0.1) is 23.0 Å². The highest BCUT2D eigenvalue weighted by atomic mass is 127. The molecule has 2 aromatic carbocycles. The summed E-state index contributed by atoms with van der Waals surface area (Å²) in [6.07, 6.45) is 1.41. The molecule has 9 heteroatoms. The first-order valence-corrected chi connectivity index (χ1v) is 10.4. The fourth-order valence-corrected chi connectivity index (χ4v) is 3.92. The van der Waals surface area contributed by atoms with E-state index in [2.05, 4.69) is 27.9 Å². The van der Waals surface area contributed by atoms with Crippen LogP contribution >= 0.6 is 34.2 Å². The molecular weight excluding hydrogens is 523 g/mol. The quantitative estimate of drug-likeness (QED) is 0.347. The number of anilines is 1. The van der Waals surface area contributed by atoms with E-state index < -0.39 is 17.8 Å². The molecule has 2 aromatic rings. The van der Waals surface area contributed by atoms with Gasteiger partial charge in [0.25, 0.3) is 11.8 Å². The van der Waals surface area contributed by atoms with Crippen LogP contribution in [0, 0.1) is 10.5 Å². The SMILES string of the molecule is CCOc1c(I)cc(/C=C2\C(=O)NC(=O)N(c3cc(Cl)ccc3C)C2=O)cc1OC. The van der Waals surface area contributed by atoms with Gasteiger partial charge in [0, 0.05) is 5.02 Å². The monoisotopic (exact) mass is 540 g/mol. The molecule has 1 aliphatic heterocycles. The molecule has 1 N–H and O–H groups in total. The molecule has 0 aromatic heterocycles. The molecule has 0 atom stereocenters. The fraction of sp³-hybridized carbons (Fsp3) is 0.190. The van der Waals surface area contributed by atoms with Gasteiger partial charge in [-0.1, -0.05) is 17.7 Å². The summed E-state index contributed by atoms with van der Waals surface area (Å²) in [6.45, 7) is 4.06. The first-order chi connectivity index (χ1) is 14.3. The van der Waals surface area contributed by atoms with Gasteiger partial charge in [-0.3, -0.25) is 14.9 Å².